The van der Waals surface area contributed by atoms with E-state index in [2.05, 4.69) is 4.98 Å². The molecule has 5 heteroatoms. The third-order valence-electron chi connectivity index (χ3n) is 2.82. The van der Waals surface area contributed by atoms with E-state index in [0.29, 0.717) is 12.0 Å². The van der Waals surface area contributed by atoms with Crippen LogP contribution in [0.5, 0.6) is 0 Å². The molecule has 19 heavy (non-hydrogen) atoms. The summed E-state index contributed by atoms with van der Waals surface area (Å²) in [6, 6.07) is 10.0. The lowest BCUT2D eigenvalue weighted by Crippen LogP contribution is -2.14. The number of nitrogens with two attached hydrogens (primary N) is 1. The summed E-state index contributed by atoms with van der Waals surface area (Å²) in [5.41, 5.74) is 6.78. The smallest absolute Gasteiger partial charge is 0.324 e. The minimum Gasteiger partial charge on any atom is -0.324 e. The number of pyridine rings is 1. The number of hydrogen-bond acceptors (Lipinski definition) is 2. The van der Waals surface area contributed by atoms with Crippen molar-refractivity contribution in [3.63, 3.8) is 0 Å². The molecule has 100 valence electrons. The molecular formula is C14H13F3N2. The highest BCUT2D eigenvalue weighted by Gasteiger charge is 2.30. The SMILES string of the molecule is NC(Cc1ccccn1)c1ccc(C(F)(F)F)cc1. The molecule has 0 aliphatic rings. The lowest BCUT2D eigenvalue weighted by molar-refractivity contribution is -0.137. The zero-order chi connectivity index (χ0) is 13.9. The second-order valence-electron chi connectivity index (χ2n) is 4.25. The third kappa shape index (κ3) is 3.54. The van der Waals surface area contributed by atoms with Crippen molar-refractivity contribution in [2.24, 2.45) is 5.73 Å². The molecule has 1 heterocycles. The van der Waals surface area contributed by atoms with Gasteiger partial charge >= 0.3 is 6.18 Å². The summed E-state index contributed by atoms with van der Waals surface area (Å²) in [4.78, 5) is 4.14. The highest BCUT2D eigenvalue weighted by molar-refractivity contribution is 5.27. The van der Waals surface area contributed by atoms with Gasteiger partial charge in [0.2, 0.25) is 0 Å². The van der Waals surface area contributed by atoms with Crippen LogP contribution in [-0.4, -0.2) is 4.98 Å². The maximum atomic E-state index is 12.4. The van der Waals surface area contributed by atoms with Gasteiger partial charge in [0.05, 0.1) is 5.56 Å². The first-order valence-electron chi connectivity index (χ1n) is 5.79. The molecule has 1 aromatic heterocycles. The normalized spacial score (nSPS) is 13.3. The van der Waals surface area contributed by atoms with E-state index in [1.807, 2.05) is 12.1 Å². The first-order chi connectivity index (χ1) is 8.97. The van der Waals surface area contributed by atoms with Gasteiger partial charge in [-0.15, -0.1) is 0 Å². The number of halogens is 3. The monoisotopic (exact) mass is 266 g/mol. The van der Waals surface area contributed by atoms with Crippen LogP contribution in [0.25, 0.3) is 0 Å². The fourth-order valence-electron chi connectivity index (χ4n) is 1.78. The maximum Gasteiger partial charge on any atom is 0.416 e. The highest BCUT2D eigenvalue weighted by Crippen LogP contribution is 2.29. The van der Waals surface area contributed by atoms with Crippen LogP contribution in [0.15, 0.2) is 48.7 Å². The molecule has 2 N–H and O–H groups in total. The summed E-state index contributed by atoms with van der Waals surface area (Å²) < 4.78 is 37.3. The molecule has 0 spiro atoms. The molecule has 0 aliphatic carbocycles. The molecule has 0 saturated heterocycles. The lowest BCUT2D eigenvalue weighted by atomic mass is 10.0. The number of benzene rings is 1. The van der Waals surface area contributed by atoms with Crippen LogP contribution in [0.2, 0.25) is 0 Å². The molecule has 0 amide bonds. The van der Waals surface area contributed by atoms with E-state index in [1.165, 1.54) is 12.1 Å². The van der Waals surface area contributed by atoms with Gasteiger partial charge in [0.25, 0.3) is 0 Å². The van der Waals surface area contributed by atoms with E-state index in [-0.39, 0.29) is 6.04 Å². The maximum absolute atomic E-state index is 12.4. The van der Waals surface area contributed by atoms with Crippen LogP contribution in [0.1, 0.15) is 22.9 Å². The summed E-state index contributed by atoms with van der Waals surface area (Å²) in [6.07, 6.45) is -2.16. The van der Waals surface area contributed by atoms with Crippen molar-refractivity contribution in [2.75, 3.05) is 0 Å². The Labute approximate surface area is 109 Å². The largest absolute Gasteiger partial charge is 0.416 e. The fourth-order valence-corrected chi connectivity index (χ4v) is 1.78. The van der Waals surface area contributed by atoms with Gasteiger partial charge in [0, 0.05) is 24.4 Å². The molecule has 0 saturated carbocycles. The van der Waals surface area contributed by atoms with E-state index >= 15 is 0 Å². The van der Waals surface area contributed by atoms with E-state index < -0.39 is 11.7 Å². The van der Waals surface area contributed by atoms with Crippen molar-refractivity contribution in [1.82, 2.24) is 4.98 Å². The average molecular weight is 266 g/mol. The second-order valence-corrected chi connectivity index (χ2v) is 4.25. The minimum atomic E-state index is -4.32. The number of aromatic nitrogens is 1. The molecule has 0 radical (unpaired) electrons. The lowest BCUT2D eigenvalue weighted by Gasteiger charge is -2.13. The first-order valence-corrected chi connectivity index (χ1v) is 5.79. The Balaban J connectivity index is 2.10. The minimum absolute atomic E-state index is 0.364. The fraction of sp³-hybridized carbons (Fsp3) is 0.214. The van der Waals surface area contributed by atoms with Crippen LogP contribution in [0.3, 0.4) is 0 Å². The van der Waals surface area contributed by atoms with Gasteiger partial charge in [-0.05, 0) is 29.8 Å². The Kier molecular flexibility index (Phi) is 3.85. The molecule has 2 aromatic rings. The molecule has 0 aliphatic heterocycles. The molecular weight excluding hydrogens is 253 g/mol. The van der Waals surface area contributed by atoms with Crippen molar-refractivity contribution in [3.8, 4) is 0 Å². The van der Waals surface area contributed by atoms with Crippen LogP contribution >= 0.6 is 0 Å². The van der Waals surface area contributed by atoms with Gasteiger partial charge in [0.15, 0.2) is 0 Å². The molecule has 1 aromatic carbocycles. The van der Waals surface area contributed by atoms with Gasteiger partial charge < -0.3 is 5.73 Å². The number of hydrogen-bond donors (Lipinski definition) is 1. The van der Waals surface area contributed by atoms with Crippen molar-refractivity contribution in [1.29, 1.82) is 0 Å². The van der Waals surface area contributed by atoms with Crippen LogP contribution < -0.4 is 5.73 Å². The van der Waals surface area contributed by atoms with E-state index in [9.17, 15) is 13.2 Å². The summed E-state index contributed by atoms with van der Waals surface area (Å²) in [6.45, 7) is 0. The third-order valence-corrected chi connectivity index (χ3v) is 2.82. The van der Waals surface area contributed by atoms with Gasteiger partial charge in [-0.3, -0.25) is 4.98 Å². The molecule has 1 atom stereocenters. The average Bonchev–Trinajstić information content (AvgIpc) is 2.39. The topological polar surface area (TPSA) is 38.9 Å². The zero-order valence-corrected chi connectivity index (χ0v) is 10.1. The zero-order valence-electron chi connectivity index (χ0n) is 10.1. The van der Waals surface area contributed by atoms with Crippen molar-refractivity contribution in [2.45, 2.75) is 18.6 Å². The molecule has 1 unspecified atom stereocenters. The van der Waals surface area contributed by atoms with E-state index in [4.69, 9.17) is 5.73 Å². The number of rotatable bonds is 3. The molecule has 0 fully saturated rings. The number of nitrogens with zero attached hydrogens (tertiary/aromatic N) is 1. The quantitative estimate of drug-likeness (QED) is 0.925. The van der Waals surface area contributed by atoms with Gasteiger partial charge in [-0.25, -0.2) is 0 Å². The number of alkyl halides is 3. The summed E-state index contributed by atoms with van der Waals surface area (Å²) in [5.74, 6) is 0. The molecule has 2 rings (SSSR count). The second kappa shape index (κ2) is 5.40. The summed E-state index contributed by atoms with van der Waals surface area (Å²) in [7, 11) is 0. The Morgan fingerprint density at radius 1 is 1.05 bits per heavy atom. The van der Waals surface area contributed by atoms with Crippen LogP contribution in [0.4, 0.5) is 13.2 Å². The summed E-state index contributed by atoms with van der Waals surface area (Å²) >= 11 is 0. The standard InChI is InChI=1S/C14H13F3N2/c15-14(16,17)11-6-4-10(5-7-11)13(18)9-12-3-1-2-8-19-12/h1-8,13H,9,18H2. The van der Waals surface area contributed by atoms with Crippen molar-refractivity contribution >= 4 is 0 Å². The molecule has 2 nitrogen and oxygen atoms in total. The predicted molar refractivity (Wildman–Crippen MR) is 66.3 cm³/mol. The Morgan fingerprint density at radius 2 is 1.74 bits per heavy atom. The Morgan fingerprint density at radius 3 is 2.26 bits per heavy atom. The van der Waals surface area contributed by atoms with Gasteiger partial charge in [-0.2, -0.15) is 13.2 Å². The molecule has 0 bridgehead atoms. The van der Waals surface area contributed by atoms with Gasteiger partial charge in [0.1, 0.15) is 0 Å². The van der Waals surface area contributed by atoms with E-state index in [1.54, 1.807) is 12.3 Å². The van der Waals surface area contributed by atoms with Crippen LogP contribution in [-0.2, 0) is 12.6 Å². The first kappa shape index (κ1) is 13.5. The van der Waals surface area contributed by atoms with E-state index in [0.717, 1.165) is 17.8 Å². The predicted octanol–water partition coefficient (Wildman–Crippen LogP) is 3.34. The van der Waals surface area contributed by atoms with Crippen molar-refractivity contribution < 1.29 is 13.2 Å². The van der Waals surface area contributed by atoms with Crippen molar-refractivity contribution in [3.05, 3.63) is 65.5 Å². The highest BCUT2D eigenvalue weighted by atomic mass is 19.4. The Bertz CT molecular complexity index is 521. The van der Waals surface area contributed by atoms with Gasteiger partial charge in [-0.1, -0.05) is 18.2 Å². The van der Waals surface area contributed by atoms with Crippen LogP contribution in [0, 0.1) is 0 Å². The summed E-state index contributed by atoms with van der Waals surface area (Å²) in [5, 5.41) is 0. The Hall–Kier alpha value is -1.88.